The third-order valence-corrected chi connectivity index (χ3v) is 10.4. The first-order valence-corrected chi connectivity index (χ1v) is 17.6. The van der Waals surface area contributed by atoms with Gasteiger partial charge in [-0.3, -0.25) is 0 Å². The molecule has 0 atom stereocenters. The van der Waals surface area contributed by atoms with Gasteiger partial charge in [-0.25, -0.2) is 0 Å². The summed E-state index contributed by atoms with van der Waals surface area (Å²) < 4.78 is 0. The quantitative estimate of drug-likeness (QED) is 0.174. The first-order chi connectivity index (χ1) is 25.3. The predicted octanol–water partition coefficient (Wildman–Crippen LogP) is 14.1. The smallest absolute Gasteiger partial charge is 0.0467 e. The molecule has 9 aromatic carbocycles. The van der Waals surface area contributed by atoms with Crippen LogP contribution in [0.1, 0.15) is 0 Å². The number of benzene rings is 9. The van der Waals surface area contributed by atoms with E-state index < -0.39 is 0 Å². The van der Waals surface area contributed by atoms with Crippen molar-refractivity contribution in [3.05, 3.63) is 200 Å². The Morgan fingerprint density at radius 2 is 0.667 bits per heavy atom. The van der Waals surface area contributed by atoms with E-state index in [1.54, 1.807) is 0 Å². The van der Waals surface area contributed by atoms with Gasteiger partial charge >= 0.3 is 0 Å². The standard InChI is InChI=1S/C50H33N/c1-5-17-34(18-6-1)46-42-27-13-14-28-43(42)47(35-19-7-2-8-20-35)50-45-32-31-40(41-29-16-30-44(48(41)45)49(46)50)36-21-15-26-39(33-36)51(37-22-9-3-10-23-37)38-24-11-4-12-25-38/h1-33H. The van der Waals surface area contributed by atoms with E-state index in [4.69, 9.17) is 0 Å². The van der Waals surface area contributed by atoms with Gasteiger partial charge in [0.15, 0.2) is 0 Å². The van der Waals surface area contributed by atoms with E-state index in [2.05, 4.69) is 205 Å². The molecule has 1 aliphatic carbocycles. The van der Waals surface area contributed by atoms with Gasteiger partial charge in [-0.2, -0.15) is 0 Å². The number of hydrogen-bond acceptors (Lipinski definition) is 1. The molecule has 1 heteroatoms. The molecule has 0 spiro atoms. The summed E-state index contributed by atoms with van der Waals surface area (Å²) in [5.41, 5.74) is 16.1. The van der Waals surface area contributed by atoms with Crippen LogP contribution in [0, 0.1) is 0 Å². The molecule has 0 saturated carbocycles. The van der Waals surface area contributed by atoms with Gasteiger partial charge in [-0.15, -0.1) is 0 Å². The molecule has 0 bridgehead atoms. The Morgan fingerprint density at radius 1 is 0.255 bits per heavy atom. The zero-order valence-electron chi connectivity index (χ0n) is 28.0. The third kappa shape index (κ3) is 4.70. The maximum atomic E-state index is 2.38. The maximum Gasteiger partial charge on any atom is 0.0467 e. The summed E-state index contributed by atoms with van der Waals surface area (Å²) in [6.45, 7) is 0. The molecule has 9 aromatic rings. The number of fused-ring (bicyclic) bond motifs is 4. The number of hydrogen-bond donors (Lipinski definition) is 0. The molecule has 0 saturated heterocycles. The lowest BCUT2D eigenvalue weighted by Gasteiger charge is -2.26. The van der Waals surface area contributed by atoms with Gasteiger partial charge in [-0.1, -0.05) is 164 Å². The zero-order valence-corrected chi connectivity index (χ0v) is 28.0. The normalized spacial score (nSPS) is 11.5. The summed E-state index contributed by atoms with van der Waals surface area (Å²) in [6, 6.07) is 72.7. The van der Waals surface area contributed by atoms with Crippen molar-refractivity contribution in [1.82, 2.24) is 0 Å². The number of anilines is 3. The summed E-state index contributed by atoms with van der Waals surface area (Å²) in [7, 11) is 0. The Hall–Kier alpha value is -6.70. The average Bonchev–Trinajstić information content (AvgIpc) is 3.53. The minimum absolute atomic E-state index is 1.13. The SMILES string of the molecule is c1ccc(-c2c3c(c(-c4ccccc4)c4ccccc24)-c2ccc(-c4cccc(N(c5ccccc5)c5ccccc5)c4)c4cccc-3c24)cc1. The van der Waals surface area contributed by atoms with Crippen LogP contribution in [0.5, 0.6) is 0 Å². The van der Waals surface area contributed by atoms with Crippen LogP contribution in [0.4, 0.5) is 17.1 Å². The number of nitrogens with zero attached hydrogens (tertiary/aromatic N) is 1. The van der Waals surface area contributed by atoms with Gasteiger partial charge < -0.3 is 4.90 Å². The van der Waals surface area contributed by atoms with Crippen LogP contribution in [0.25, 0.3) is 77.2 Å². The zero-order chi connectivity index (χ0) is 33.7. The molecule has 0 radical (unpaired) electrons. The molecular weight excluding hydrogens is 615 g/mol. The monoisotopic (exact) mass is 647 g/mol. The minimum atomic E-state index is 1.13. The molecule has 1 aliphatic rings. The van der Waals surface area contributed by atoms with Gasteiger partial charge in [0.2, 0.25) is 0 Å². The Labute approximate surface area is 298 Å². The van der Waals surface area contributed by atoms with Crippen molar-refractivity contribution in [1.29, 1.82) is 0 Å². The summed E-state index contributed by atoms with van der Waals surface area (Å²) in [5.74, 6) is 0. The highest BCUT2D eigenvalue weighted by molar-refractivity contribution is 6.28. The van der Waals surface area contributed by atoms with Gasteiger partial charge in [0, 0.05) is 17.1 Å². The topological polar surface area (TPSA) is 3.24 Å². The van der Waals surface area contributed by atoms with E-state index in [1.165, 1.54) is 77.2 Å². The van der Waals surface area contributed by atoms with E-state index in [-0.39, 0.29) is 0 Å². The molecule has 238 valence electrons. The van der Waals surface area contributed by atoms with Crippen molar-refractivity contribution in [2.75, 3.05) is 4.90 Å². The average molecular weight is 648 g/mol. The molecule has 10 rings (SSSR count). The van der Waals surface area contributed by atoms with E-state index >= 15 is 0 Å². The largest absolute Gasteiger partial charge is 0.310 e. The van der Waals surface area contributed by atoms with Crippen LogP contribution >= 0.6 is 0 Å². The van der Waals surface area contributed by atoms with Gasteiger partial charge in [0.1, 0.15) is 0 Å². The maximum absolute atomic E-state index is 2.38. The van der Waals surface area contributed by atoms with Crippen molar-refractivity contribution in [3.63, 3.8) is 0 Å². The molecule has 0 fully saturated rings. The second kappa shape index (κ2) is 12.0. The molecule has 0 heterocycles. The first kappa shape index (κ1) is 29.2. The molecule has 0 aromatic heterocycles. The van der Waals surface area contributed by atoms with Crippen LogP contribution in [0.15, 0.2) is 200 Å². The second-order valence-electron chi connectivity index (χ2n) is 13.2. The highest BCUT2D eigenvalue weighted by Crippen LogP contribution is 2.58. The fourth-order valence-corrected chi connectivity index (χ4v) is 8.28. The third-order valence-electron chi connectivity index (χ3n) is 10.4. The Morgan fingerprint density at radius 3 is 1.24 bits per heavy atom. The molecular formula is C50H33N. The van der Waals surface area contributed by atoms with Crippen LogP contribution < -0.4 is 4.90 Å². The van der Waals surface area contributed by atoms with Crippen molar-refractivity contribution in [3.8, 4) is 55.6 Å². The van der Waals surface area contributed by atoms with E-state index in [9.17, 15) is 0 Å². The van der Waals surface area contributed by atoms with Crippen molar-refractivity contribution in [2.24, 2.45) is 0 Å². The molecule has 0 amide bonds. The van der Waals surface area contributed by atoms with Gasteiger partial charge in [0.25, 0.3) is 0 Å². The highest BCUT2D eigenvalue weighted by atomic mass is 15.1. The summed E-state index contributed by atoms with van der Waals surface area (Å²) in [4.78, 5) is 2.34. The van der Waals surface area contributed by atoms with Crippen LogP contribution in [-0.4, -0.2) is 0 Å². The lowest BCUT2D eigenvalue weighted by Crippen LogP contribution is -2.09. The van der Waals surface area contributed by atoms with Gasteiger partial charge in [0.05, 0.1) is 0 Å². The molecule has 0 unspecified atom stereocenters. The Balaban J connectivity index is 1.24. The Kier molecular flexibility index (Phi) is 6.89. The number of rotatable bonds is 6. The van der Waals surface area contributed by atoms with Crippen molar-refractivity contribution < 1.29 is 0 Å². The molecule has 0 aliphatic heterocycles. The van der Waals surface area contributed by atoms with Crippen LogP contribution in [0.2, 0.25) is 0 Å². The first-order valence-electron chi connectivity index (χ1n) is 17.6. The second-order valence-corrected chi connectivity index (χ2v) is 13.2. The van der Waals surface area contributed by atoms with E-state index in [0.717, 1.165) is 17.1 Å². The van der Waals surface area contributed by atoms with Crippen LogP contribution in [-0.2, 0) is 0 Å². The molecule has 51 heavy (non-hydrogen) atoms. The Bertz CT molecular complexity index is 2580. The van der Waals surface area contributed by atoms with Crippen molar-refractivity contribution >= 4 is 38.6 Å². The summed E-state index contributed by atoms with van der Waals surface area (Å²) in [5, 5.41) is 5.15. The summed E-state index contributed by atoms with van der Waals surface area (Å²) in [6.07, 6.45) is 0. The lowest BCUT2D eigenvalue weighted by atomic mass is 9.82. The van der Waals surface area contributed by atoms with Crippen LogP contribution in [0.3, 0.4) is 0 Å². The predicted molar refractivity (Wildman–Crippen MR) is 217 cm³/mol. The fraction of sp³-hybridized carbons (Fsp3) is 0. The van der Waals surface area contributed by atoms with E-state index in [0.29, 0.717) is 0 Å². The highest BCUT2D eigenvalue weighted by Gasteiger charge is 2.31. The lowest BCUT2D eigenvalue weighted by molar-refractivity contribution is 1.28. The number of para-hydroxylation sites is 2. The fourth-order valence-electron chi connectivity index (χ4n) is 8.28. The van der Waals surface area contributed by atoms with Gasteiger partial charge in [-0.05, 0) is 114 Å². The van der Waals surface area contributed by atoms with E-state index in [1.807, 2.05) is 0 Å². The minimum Gasteiger partial charge on any atom is -0.310 e. The summed E-state index contributed by atoms with van der Waals surface area (Å²) >= 11 is 0. The van der Waals surface area contributed by atoms with Crippen molar-refractivity contribution in [2.45, 2.75) is 0 Å². The molecule has 0 N–H and O–H groups in total. The molecule has 1 nitrogen and oxygen atoms in total.